The van der Waals surface area contributed by atoms with E-state index < -0.39 is 12.3 Å². The molecular weight excluding hydrogens is 187 g/mol. The van der Waals surface area contributed by atoms with E-state index in [0.717, 1.165) is 11.1 Å². The second-order valence-corrected chi connectivity index (χ2v) is 3.10. The number of halogens is 1. The van der Waals surface area contributed by atoms with Crippen LogP contribution in [0.1, 0.15) is 11.1 Å². The van der Waals surface area contributed by atoms with E-state index in [9.17, 15) is 9.18 Å². The van der Waals surface area contributed by atoms with Crippen molar-refractivity contribution in [1.29, 1.82) is 0 Å². The molecule has 4 heteroatoms. The summed E-state index contributed by atoms with van der Waals surface area (Å²) in [5.74, 6) is -1.39. The molecule has 0 aromatic heterocycles. The van der Waals surface area contributed by atoms with Crippen LogP contribution in [0.5, 0.6) is 5.75 Å². The molecule has 1 atom stereocenters. The van der Waals surface area contributed by atoms with Gasteiger partial charge in [0.1, 0.15) is 5.75 Å². The first-order valence-electron chi connectivity index (χ1n) is 4.11. The maximum Gasteiger partial charge on any atom is 0.378 e. The van der Waals surface area contributed by atoms with Crippen LogP contribution in [0.2, 0.25) is 0 Å². The molecular formula is C10H11FO3. The summed E-state index contributed by atoms with van der Waals surface area (Å²) in [6.07, 6.45) is -2.31. The molecule has 1 rings (SSSR count). The van der Waals surface area contributed by atoms with Crippen LogP contribution < -0.4 is 4.74 Å². The minimum absolute atomic E-state index is 0.234. The minimum Gasteiger partial charge on any atom is -0.476 e. The van der Waals surface area contributed by atoms with Crippen LogP contribution in [0.25, 0.3) is 0 Å². The Morgan fingerprint density at radius 2 is 1.86 bits per heavy atom. The Bertz CT molecular complexity index is 329. The van der Waals surface area contributed by atoms with E-state index in [1.54, 1.807) is 12.1 Å². The molecule has 0 radical (unpaired) electrons. The van der Waals surface area contributed by atoms with E-state index in [1.807, 2.05) is 19.9 Å². The predicted molar refractivity (Wildman–Crippen MR) is 49.1 cm³/mol. The average Bonchev–Trinajstić information content (AvgIpc) is 2.01. The van der Waals surface area contributed by atoms with Gasteiger partial charge in [0.25, 0.3) is 0 Å². The number of benzene rings is 1. The lowest BCUT2D eigenvalue weighted by Crippen LogP contribution is -2.21. The number of aliphatic carboxylic acids is 1. The van der Waals surface area contributed by atoms with E-state index in [0.29, 0.717) is 0 Å². The first-order valence-corrected chi connectivity index (χ1v) is 4.11. The van der Waals surface area contributed by atoms with Gasteiger partial charge in [-0.3, -0.25) is 0 Å². The van der Waals surface area contributed by atoms with Gasteiger partial charge in [0.2, 0.25) is 0 Å². The third kappa shape index (κ3) is 2.73. The number of alkyl halides is 1. The van der Waals surface area contributed by atoms with Gasteiger partial charge in [0, 0.05) is 0 Å². The molecule has 0 spiro atoms. The van der Waals surface area contributed by atoms with E-state index in [1.165, 1.54) is 0 Å². The van der Waals surface area contributed by atoms with Crippen LogP contribution in [0.4, 0.5) is 4.39 Å². The SMILES string of the molecule is Cc1cc(C)cc(OC(F)C(=O)O)c1. The molecule has 1 unspecified atom stereocenters. The number of carbonyl (C=O) groups is 1. The van der Waals surface area contributed by atoms with Gasteiger partial charge in [-0.25, -0.2) is 4.79 Å². The van der Waals surface area contributed by atoms with Crippen LogP contribution in [0, 0.1) is 13.8 Å². The molecule has 0 fully saturated rings. The Balaban J connectivity index is 2.81. The first kappa shape index (κ1) is 10.5. The second-order valence-electron chi connectivity index (χ2n) is 3.10. The largest absolute Gasteiger partial charge is 0.476 e. The van der Waals surface area contributed by atoms with E-state index in [4.69, 9.17) is 5.11 Å². The molecule has 14 heavy (non-hydrogen) atoms. The lowest BCUT2D eigenvalue weighted by molar-refractivity contribution is -0.153. The monoisotopic (exact) mass is 198 g/mol. The Hall–Kier alpha value is -1.58. The topological polar surface area (TPSA) is 46.5 Å². The van der Waals surface area contributed by atoms with Crippen molar-refractivity contribution in [3.63, 3.8) is 0 Å². The van der Waals surface area contributed by atoms with Crippen molar-refractivity contribution in [2.75, 3.05) is 0 Å². The molecule has 0 saturated carbocycles. The van der Waals surface area contributed by atoms with Crippen LogP contribution >= 0.6 is 0 Å². The molecule has 0 aliphatic heterocycles. The standard InChI is InChI=1S/C10H11FO3/c1-6-3-7(2)5-8(4-6)14-9(11)10(12)13/h3-5,9H,1-2H3,(H,12,13). The number of hydrogen-bond donors (Lipinski definition) is 1. The number of carboxylic acid groups (broad SMARTS) is 1. The average molecular weight is 198 g/mol. The molecule has 0 aliphatic rings. The zero-order valence-corrected chi connectivity index (χ0v) is 7.95. The Labute approximate surface area is 81.1 Å². The quantitative estimate of drug-likeness (QED) is 0.808. The Morgan fingerprint density at radius 1 is 1.36 bits per heavy atom. The number of carboxylic acids is 1. The third-order valence-corrected chi connectivity index (χ3v) is 1.63. The van der Waals surface area contributed by atoms with Gasteiger partial charge in [0.05, 0.1) is 0 Å². The summed E-state index contributed by atoms with van der Waals surface area (Å²) in [6.45, 7) is 3.65. The summed E-state index contributed by atoms with van der Waals surface area (Å²) in [6, 6.07) is 5.06. The van der Waals surface area contributed by atoms with Crippen LogP contribution in [0.3, 0.4) is 0 Å². The zero-order chi connectivity index (χ0) is 10.7. The fourth-order valence-corrected chi connectivity index (χ4v) is 1.17. The summed E-state index contributed by atoms with van der Waals surface area (Å²) in [4.78, 5) is 10.2. The van der Waals surface area contributed by atoms with Gasteiger partial charge in [-0.1, -0.05) is 6.07 Å². The lowest BCUT2D eigenvalue weighted by atomic mass is 10.1. The van der Waals surface area contributed by atoms with Crippen LogP contribution in [-0.2, 0) is 4.79 Å². The van der Waals surface area contributed by atoms with Crippen molar-refractivity contribution in [2.24, 2.45) is 0 Å². The minimum atomic E-state index is -2.31. The summed E-state index contributed by atoms with van der Waals surface area (Å²) in [7, 11) is 0. The first-order chi connectivity index (χ1) is 6.49. The zero-order valence-electron chi connectivity index (χ0n) is 7.95. The highest BCUT2D eigenvalue weighted by molar-refractivity contribution is 5.70. The second kappa shape index (κ2) is 4.09. The molecule has 1 aromatic rings. The predicted octanol–water partition coefficient (Wildman–Crippen LogP) is 2.06. The lowest BCUT2D eigenvalue weighted by Gasteiger charge is -2.08. The van der Waals surface area contributed by atoms with Crippen LogP contribution in [-0.4, -0.2) is 17.4 Å². The molecule has 0 aliphatic carbocycles. The molecule has 1 N–H and O–H groups in total. The smallest absolute Gasteiger partial charge is 0.378 e. The van der Waals surface area contributed by atoms with Gasteiger partial charge in [0.15, 0.2) is 0 Å². The van der Waals surface area contributed by atoms with Crippen molar-refractivity contribution in [3.05, 3.63) is 29.3 Å². The Morgan fingerprint density at radius 3 is 2.29 bits per heavy atom. The van der Waals surface area contributed by atoms with Crippen molar-refractivity contribution >= 4 is 5.97 Å². The molecule has 0 bridgehead atoms. The van der Waals surface area contributed by atoms with E-state index >= 15 is 0 Å². The van der Waals surface area contributed by atoms with Gasteiger partial charge < -0.3 is 9.84 Å². The van der Waals surface area contributed by atoms with Crippen molar-refractivity contribution in [1.82, 2.24) is 0 Å². The molecule has 0 heterocycles. The number of aryl methyl sites for hydroxylation is 2. The van der Waals surface area contributed by atoms with Gasteiger partial charge in [-0.05, 0) is 37.1 Å². The fraction of sp³-hybridized carbons (Fsp3) is 0.300. The van der Waals surface area contributed by atoms with Gasteiger partial charge >= 0.3 is 12.3 Å². The van der Waals surface area contributed by atoms with Crippen molar-refractivity contribution < 1.29 is 19.0 Å². The summed E-state index contributed by atoms with van der Waals surface area (Å²) >= 11 is 0. The molecule has 1 aromatic carbocycles. The number of hydrogen-bond acceptors (Lipinski definition) is 2. The highest BCUT2D eigenvalue weighted by Crippen LogP contribution is 2.17. The molecule has 3 nitrogen and oxygen atoms in total. The summed E-state index contributed by atoms with van der Waals surface area (Å²) in [5.41, 5.74) is 1.80. The third-order valence-electron chi connectivity index (χ3n) is 1.63. The highest BCUT2D eigenvalue weighted by Gasteiger charge is 2.17. The molecule has 0 amide bonds. The van der Waals surface area contributed by atoms with Crippen molar-refractivity contribution in [3.8, 4) is 5.75 Å². The normalized spacial score (nSPS) is 12.2. The summed E-state index contributed by atoms with van der Waals surface area (Å²) < 4.78 is 17.2. The molecule has 76 valence electrons. The maximum atomic E-state index is 12.7. The van der Waals surface area contributed by atoms with E-state index in [2.05, 4.69) is 4.74 Å². The number of ether oxygens (including phenoxy) is 1. The van der Waals surface area contributed by atoms with Gasteiger partial charge in [-0.15, -0.1) is 0 Å². The highest BCUT2D eigenvalue weighted by atomic mass is 19.1. The summed E-state index contributed by atoms with van der Waals surface area (Å²) in [5, 5.41) is 8.28. The number of rotatable bonds is 3. The molecule has 0 saturated heterocycles. The van der Waals surface area contributed by atoms with E-state index in [-0.39, 0.29) is 5.75 Å². The maximum absolute atomic E-state index is 12.7. The van der Waals surface area contributed by atoms with Gasteiger partial charge in [-0.2, -0.15) is 4.39 Å². The van der Waals surface area contributed by atoms with Crippen molar-refractivity contribution in [2.45, 2.75) is 20.2 Å². The van der Waals surface area contributed by atoms with Crippen LogP contribution in [0.15, 0.2) is 18.2 Å². The fourth-order valence-electron chi connectivity index (χ4n) is 1.17. The Kier molecular flexibility index (Phi) is 3.06.